The number of fused-ring (bicyclic) bond motifs is 1. The van der Waals surface area contributed by atoms with Crippen molar-refractivity contribution in [2.24, 2.45) is 0 Å². The van der Waals surface area contributed by atoms with Crippen LogP contribution in [-0.2, 0) is 0 Å². The highest BCUT2D eigenvalue weighted by Gasteiger charge is 2.17. The number of aromatic nitrogens is 1. The van der Waals surface area contributed by atoms with Crippen LogP contribution in [0.2, 0.25) is 0 Å². The molecule has 90 valence electrons. The van der Waals surface area contributed by atoms with Crippen LogP contribution in [0, 0.1) is 0 Å². The maximum atomic E-state index is 10.4. The Kier molecular flexibility index (Phi) is 2.89. The van der Waals surface area contributed by atoms with E-state index in [-0.39, 0.29) is 0 Å². The zero-order valence-corrected chi connectivity index (χ0v) is 11.0. The summed E-state index contributed by atoms with van der Waals surface area (Å²) in [4.78, 5) is 4.08. The summed E-state index contributed by atoms with van der Waals surface area (Å²) < 4.78 is 5.72. The summed E-state index contributed by atoms with van der Waals surface area (Å²) in [6.07, 6.45) is 4.35. The van der Waals surface area contributed by atoms with Crippen molar-refractivity contribution in [1.29, 1.82) is 0 Å². The molecule has 0 aliphatic rings. The Morgan fingerprint density at radius 3 is 2.83 bits per heavy atom. The highest BCUT2D eigenvalue weighted by atomic mass is 79.9. The van der Waals surface area contributed by atoms with Gasteiger partial charge in [0.15, 0.2) is 4.67 Å². The monoisotopic (exact) mass is 303 g/mol. The number of rotatable bonds is 2. The Morgan fingerprint density at radius 1 is 1.17 bits per heavy atom. The van der Waals surface area contributed by atoms with Crippen molar-refractivity contribution < 1.29 is 9.52 Å². The molecule has 0 aliphatic carbocycles. The van der Waals surface area contributed by atoms with Crippen LogP contribution >= 0.6 is 15.9 Å². The summed E-state index contributed by atoms with van der Waals surface area (Å²) in [6, 6.07) is 9.46. The molecule has 4 heteroatoms. The van der Waals surface area contributed by atoms with Gasteiger partial charge in [0.25, 0.3) is 0 Å². The predicted molar refractivity (Wildman–Crippen MR) is 72.2 cm³/mol. The Morgan fingerprint density at radius 2 is 2.06 bits per heavy atom. The molecule has 0 bridgehead atoms. The second kappa shape index (κ2) is 4.55. The number of aliphatic hydroxyl groups excluding tert-OH is 1. The van der Waals surface area contributed by atoms with Gasteiger partial charge >= 0.3 is 0 Å². The Labute approximate surface area is 112 Å². The van der Waals surface area contributed by atoms with Gasteiger partial charge in [-0.1, -0.05) is 18.2 Å². The molecule has 0 spiro atoms. The van der Waals surface area contributed by atoms with Gasteiger partial charge in [-0.05, 0) is 39.0 Å². The number of hydrogen-bond donors (Lipinski definition) is 1. The quantitative estimate of drug-likeness (QED) is 0.785. The Hall–Kier alpha value is -1.65. The van der Waals surface area contributed by atoms with Gasteiger partial charge in [-0.2, -0.15) is 0 Å². The molecular weight excluding hydrogens is 294 g/mol. The van der Waals surface area contributed by atoms with Gasteiger partial charge in [0.05, 0.1) is 6.26 Å². The second-order valence-corrected chi connectivity index (χ2v) is 4.72. The minimum atomic E-state index is -0.718. The molecule has 1 atom stereocenters. The van der Waals surface area contributed by atoms with E-state index in [1.807, 2.05) is 24.3 Å². The molecule has 3 rings (SSSR count). The standard InChI is InChI=1S/C14H10BrNO2/c15-14-12(5-7-18-14)13(17)11-3-1-2-9-8-16-6-4-10(9)11/h1-8,13,17H. The average Bonchev–Trinajstić information content (AvgIpc) is 2.83. The summed E-state index contributed by atoms with van der Waals surface area (Å²) >= 11 is 3.29. The first-order valence-electron chi connectivity index (χ1n) is 5.51. The maximum absolute atomic E-state index is 10.4. The molecule has 2 aromatic heterocycles. The maximum Gasteiger partial charge on any atom is 0.175 e. The number of nitrogens with zero attached hydrogens (tertiary/aromatic N) is 1. The minimum absolute atomic E-state index is 0.557. The Balaban J connectivity index is 2.18. The minimum Gasteiger partial charge on any atom is -0.457 e. The van der Waals surface area contributed by atoms with E-state index < -0.39 is 6.10 Å². The zero-order valence-electron chi connectivity index (χ0n) is 9.38. The lowest BCUT2D eigenvalue weighted by Crippen LogP contribution is -1.99. The van der Waals surface area contributed by atoms with Crippen LogP contribution in [0.3, 0.4) is 0 Å². The molecule has 1 N–H and O–H groups in total. The van der Waals surface area contributed by atoms with Crippen LogP contribution in [0.5, 0.6) is 0 Å². The highest BCUT2D eigenvalue weighted by Crippen LogP contribution is 2.32. The van der Waals surface area contributed by atoms with Crippen LogP contribution in [0.15, 0.2) is 58.1 Å². The summed E-state index contributed by atoms with van der Waals surface area (Å²) in [5, 5.41) is 12.5. The largest absolute Gasteiger partial charge is 0.457 e. The van der Waals surface area contributed by atoms with Crippen molar-refractivity contribution in [2.45, 2.75) is 6.10 Å². The third kappa shape index (κ3) is 1.83. The molecule has 0 saturated carbocycles. The first-order valence-corrected chi connectivity index (χ1v) is 6.30. The topological polar surface area (TPSA) is 46.3 Å². The molecule has 0 radical (unpaired) electrons. The lowest BCUT2D eigenvalue weighted by atomic mass is 9.98. The summed E-state index contributed by atoms with van der Waals surface area (Å²) in [5.74, 6) is 0. The van der Waals surface area contributed by atoms with Crippen molar-refractivity contribution in [3.05, 3.63) is 64.8 Å². The van der Waals surface area contributed by atoms with Crippen LogP contribution in [-0.4, -0.2) is 10.1 Å². The number of halogens is 1. The normalized spacial score (nSPS) is 12.8. The fourth-order valence-electron chi connectivity index (χ4n) is 2.05. The fourth-order valence-corrected chi connectivity index (χ4v) is 2.51. The first-order chi connectivity index (χ1) is 8.77. The van der Waals surface area contributed by atoms with Gasteiger partial charge in [0.1, 0.15) is 6.10 Å². The smallest absolute Gasteiger partial charge is 0.175 e. The van der Waals surface area contributed by atoms with E-state index in [9.17, 15) is 5.11 Å². The van der Waals surface area contributed by atoms with Crippen LogP contribution in [0.25, 0.3) is 10.8 Å². The summed E-state index contributed by atoms with van der Waals surface area (Å²) in [5.41, 5.74) is 1.57. The van der Waals surface area contributed by atoms with E-state index in [1.165, 1.54) is 0 Å². The third-order valence-electron chi connectivity index (χ3n) is 2.95. The summed E-state index contributed by atoms with van der Waals surface area (Å²) in [6.45, 7) is 0. The number of hydrogen-bond acceptors (Lipinski definition) is 3. The molecule has 18 heavy (non-hydrogen) atoms. The molecule has 0 fully saturated rings. The molecule has 1 unspecified atom stereocenters. The lowest BCUT2D eigenvalue weighted by molar-refractivity contribution is 0.219. The third-order valence-corrected chi connectivity index (χ3v) is 3.59. The zero-order chi connectivity index (χ0) is 12.5. The van der Waals surface area contributed by atoms with E-state index in [1.54, 1.807) is 24.7 Å². The molecule has 0 saturated heterocycles. The highest BCUT2D eigenvalue weighted by molar-refractivity contribution is 9.10. The van der Waals surface area contributed by atoms with Crippen molar-refractivity contribution in [3.63, 3.8) is 0 Å². The van der Waals surface area contributed by atoms with Gasteiger partial charge in [-0.25, -0.2) is 0 Å². The number of furan rings is 1. The number of pyridine rings is 1. The van der Waals surface area contributed by atoms with Crippen molar-refractivity contribution in [3.8, 4) is 0 Å². The van der Waals surface area contributed by atoms with Gasteiger partial charge in [0, 0.05) is 23.3 Å². The lowest BCUT2D eigenvalue weighted by Gasteiger charge is -2.12. The van der Waals surface area contributed by atoms with Gasteiger partial charge in [-0.3, -0.25) is 4.98 Å². The van der Waals surface area contributed by atoms with Crippen molar-refractivity contribution >= 4 is 26.7 Å². The average molecular weight is 304 g/mol. The van der Waals surface area contributed by atoms with Crippen molar-refractivity contribution in [1.82, 2.24) is 4.98 Å². The van der Waals surface area contributed by atoms with E-state index in [2.05, 4.69) is 20.9 Å². The molecule has 3 nitrogen and oxygen atoms in total. The SMILES string of the molecule is OC(c1ccoc1Br)c1cccc2cnccc12. The van der Waals surface area contributed by atoms with E-state index in [0.29, 0.717) is 4.67 Å². The Bertz CT molecular complexity index is 688. The van der Waals surface area contributed by atoms with Crippen LogP contribution in [0.4, 0.5) is 0 Å². The van der Waals surface area contributed by atoms with Gasteiger partial charge < -0.3 is 9.52 Å². The predicted octanol–water partition coefficient (Wildman–Crippen LogP) is 3.67. The van der Waals surface area contributed by atoms with E-state index >= 15 is 0 Å². The number of benzene rings is 1. The molecule has 0 aliphatic heterocycles. The fraction of sp³-hybridized carbons (Fsp3) is 0.0714. The molecular formula is C14H10BrNO2. The molecule has 0 amide bonds. The van der Waals surface area contributed by atoms with Crippen LogP contribution in [0.1, 0.15) is 17.2 Å². The first kappa shape index (κ1) is 11.4. The van der Waals surface area contributed by atoms with Gasteiger partial charge in [0.2, 0.25) is 0 Å². The molecule has 2 heterocycles. The van der Waals surface area contributed by atoms with E-state index in [0.717, 1.165) is 21.9 Å². The van der Waals surface area contributed by atoms with E-state index in [4.69, 9.17) is 4.42 Å². The van der Waals surface area contributed by atoms with Crippen LogP contribution < -0.4 is 0 Å². The van der Waals surface area contributed by atoms with Crippen molar-refractivity contribution in [2.75, 3.05) is 0 Å². The molecule has 1 aromatic carbocycles. The second-order valence-electron chi connectivity index (χ2n) is 4.00. The molecule has 3 aromatic rings. The van der Waals surface area contributed by atoms with Gasteiger partial charge in [-0.15, -0.1) is 0 Å². The summed E-state index contributed by atoms with van der Waals surface area (Å²) in [7, 11) is 0. The number of aliphatic hydroxyl groups is 1.